The second kappa shape index (κ2) is 10.8. The molecule has 1 fully saturated rings. The molecule has 1 aliphatic heterocycles. The molecule has 0 bridgehead atoms. The molecule has 35 heavy (non-hydrogen) atoms. The Bertz CT molecular complexity index is 1160. The summed E-state index contributed by atoms with van der Waals surface area (Å²) in [5, 5.41) is 11.4. The van der Waals surface area contributed by atoms with Crippen molar-refractivity contribution in [2.75, 3.05) is 24.2 Å². The van der Waals surface area contributed by atoms with Crippen molar-refractivity contribution < 1.29 is 27.3 Å². The number of benzene rings is 2. The molecular weight excluding hydrogens is 482 g/mol. The normalized spacial score (nSPS) is 15.7. The predicted molar refractivity (Wildman–Crippen MR) is 125 cm³/mol. The number of halogens is 4. The first kappa shape index (κ1) is 25.2. The van der Waals surface area contributed by atoms with Crippen molar-refractivity contribution in [2.24, 2.45) is 0 Å². The van der Waals surface area contributed by atoms with Gasteiger partial charge < -0.3 is 10.2 Å². The predicted octanol–water partition coefficient (Wildman–Crippen LogP) is 4.29. The molecule has 2 N–H and O–H groups in total. The minimum absolute atomic E-state index is 0.0229. The van der Waals surface area contributed by atoms with Crippen molar-refractivity contribution in [3.8, 4) is 5.69 Å². The molecule has 1 atom stereocenters. The van der Waals surface area contributed by atoms with E-state index in [1.165, 1.54) is 41.7 Å². The number of rotatable bonds is 7. The summed E-state index contributed by atoms with van der Waals surface area (Å²) in [5.74, 6) is -0.457. The summed E-state index contributed by atoms with van der Waals surface area (Å²) in [6.07, 6.45) is -1.12. The van der Waals surface area contributed by atoms with Crippen LogP contribution in [-0.4, -0.2) is 39.5 Å². The van der Waals surface area contributed by atoms with E-state index in [1.807, 2.05) is 0 Å². The quantitative estimate of drug-likeness (QED) is 0.369. The van der Waals surface area contributed by atoms with Gasteiger partial charge in [-0.15, -0.1) is 10.2 Å². The third kappa shape index (κ3) is 6.02. The van der Waals surface area contributed by atoms with E-state index >= 15 is 0 Å². The van der Waals surface area contributed by atoms with E-state index < -0.39 is 17.6 Å². The first-order valence-corrected chi connectivity index (χ1v) is 12.4. The number of aromatic nitrogens is 3. The van der Waals surface area contributed by atoms with Crippen LogP contribution in [0.2, 0.25) is 0 Å². The summed E-state index contributed by atoms with van der Waals surface area (Å²) in [4.78, 5) is 13.9. The molecule has 186 valence electrons. The minimum Gasteiger partial charge on any atom is -0.326 e. The highest BCUT2D eigenvalue weighted by Crippen LogP contribution is 2.34. The van der Waals surface area contributed by atoms with Crippen LogP contribution in [0.4, 0.5) is 23.2 Å². The fourth-order valence-electron chi connectivity index (χ4n) is 4.27. The SMILES string of the molecule is C[C@H](c1nnc(SCC(=O)Nc2ccccc2C(F)(F)F)n1-c1ccc(F)cc1)[NH+]1CCCCC1. The maximum Gasteiger partial charge on any atom is 0.418 e. The Balaban J connectivity index is 1.55. The molecule has 11 heteroatoms. The lowest BCUT2D eigenvalue weighted by Crippen LogP contribution is -3.12. The number of para-hydroxylation sites is 1. The maximum absolute atomic E-state index is 13.6. The number of carbonyl (C=O) groups is 1. The van der Waals surface area contributed by atoms with Crippen LogP contribution in [-0.2, 0) is 11.0 Å². The Hall–Kier alpha value is -2.92. The zero-order valence-electron chi connectivity index (χ0n) is 19.1. The van der Waals surface area contributed by atoms with Gasteiger partial charge in [0.25, 0.3) is 0 Å². The van der Waals surface area contributed by atoms with Crippen LogP contribution in [0, 0.1) is 5.82 Å². The molecule has 0 aliphatic carbocycles. The van der Waals surface area contributed by atoms with Gasteiger partial charge in [0.15, 0.2) is 11.0 Å². The molecule has 0 saturated carbocycles. The molecule has 0 radical (unpaired) electrons. The van der Waals surface area contributed by atoms with E-state index in [0.29, 0.717) is 16.7 Å². The Kier molecular flexibility index (Phi) is 7.75. The lowest BCUT2D eigenvalue weighted by Gasteiger charge is -2.29. The van der Waals surface area contributed by atoms with Gasteiger partial charge in [-0.3, -0.25) is 9.36 Å². The summed E-state index contributed by atoms with van der Waals surface area (Å²) < 4.78 is 55.1. The summed E-state index contributed by atoms with van der Waals surface area (Å²) in [6, 6.07) is 10.8. The monoisotopic (exact) mass is 508 g/mol. The molecule has 1 aromatic heterocycles. The summed E-state index contributed by atoms with van der Waals surface area (Å²) in [5.41, 5.74) is -0.554. The average Bonchev–Trinajstić information content (AvgIpc) is 3.27. The van der Waals surface area contributed by atoms with Crippen LogP contribution in [0.1, 0.15) is 43.6 Å². The number of hydrogen-bond acceptors (Lipinski definition) is 4. The van der Waals surface area contributed by atoms with Crippen molar-refractivity contribution in [3.05, 3.63) is 65.7 Å². The number of hydrogen-bond donors (Lipinski definition) is 2. The molecule has 1 saturated heterocycles. The van der Waals surface area contributed by atoms with Gasteiger partial charge in [-0.25, -0.2) is 4.39 Å². The number of amides is 1. The average molecular weight is 509 g/mol. The Morgan fingerprint density at radius 1 is 1.09 bits per heavy atom. The number of piperidine rings is 1. The topological polar surface area (TPSA) is 64.2 Å². The number of anilines is 1. The molecule has 1 amide bonds. The first-order valence-electron chi connectivity index (χ1n) is 11.4. The molecule has 3 aromatic rings. The van der Waals surface area contributed by atoms with Gasteiger partial charge in [-0.2, -0.15) is 13.2 Å². The molecule has 1 aliphatic rings. The molecule has 6 nitrogen and oxygen atoms in total. The number of nitrogens with zero attached hydrogens (tertiary/aromatic N) is 3. The van der Waals surface area contributed by atoms with E-state index in [1.54, 1.807) is 16.7 Å². The number of quaternary nitrogens is 1. The van der Waals surface area contributed by atoms with Gasteiger partial charge in [0, 0.05) is 5.69 Å². The highest BCUT2D eigenvalue weighted by Gasteiger charge is 2.34. The van der Waals surface area contributed by atoms with E-state index in [2.05, 4.69) is 22.4 Å². The maximum atomic E-state index is 13.6. The van der Waals surface area contributed by atoms with Crippen LogP contribution < -0.4 is 10.2 Å². The third-order valence-corrected chi connectivity index (χ3v) is 7.01. The summed E-state index contributed by atoms with van der Waals surface area (Å²) >= 11 is 1.06. The number of alkyl halides is 3. The molecule has 2 heterocycles. The highest BCUT2D eigenvalue weighted by molar-refractivity contribution is 7.99. The molecular formula is C24H26F4N5OS+. The fourth-order valence-corrected chi connectivity index (χ4v) is 5.02. The van der Waals surface area contributed by atoms with Gasteiger partial charge in [0.1, 0.15) is 11.9 Å². The highest BCUT2D eigenvalue weighted by atomic mass is 32.2. The summed E-state index contributed by atoms with van der Waals surface area (Å²) in [7, 11) is 0. The van der Waals surface area contributed by atoms with Crippen LogP contribution in [0.25, 0.3) is 5.69 Å². The van der Waals surface area contributed by atoms with Gasteiger partial charge in [0.2, 0.25) is 5.91 Å². The second-order valence-electron chi connectivity index (χ2n) is 8.47. The van der Waals surface area contributed by atoms with Crippen molar-refractivity contribution in [3.63, 3.8) is 0 Å². The smallest absolute Gasteiger partial charge is 0.326 e. The zero-order valence-corrected chi connectivity index (χ0v) is 19.9. The van der Waals surface area contributed by atoms with Gasteiger partial charge in [-0.05, 0) is 62.6 Å². The van der Waals surface area contributed by atoms with Gasteiger partial charge >= 0.3 is 6.18 Å². The lowest BCUT2D eigenvalue weighted by atomic mass is 10.1. The summed E-state index contributed by atoms with van der Waals surface area (Å²) in [6.45, 7) is 4.10. The van der Waals surface area contributed by atoms with Crippen molar-refractivity contribution in [1.29, 1.82) is 0 Å². The Labute approximate surface area is 204 Å². The third-order valence-electron chi connectivity index (χ3n) is 6.08. The number of thioether (sulfide) groups is 1. The first-order chi connectivity index (χ1) is 16.7. The molecule has 2 aromatic carbocycles. The number of nitrogens with one attached hydrogen (secondary N) is 2. The molecule has 4 rings (SSSR count). The van der Waals surface area contributed by atoms with Crippen molar-refractivity contribution in [2.45, 2.75) is 43.6 Å². The molecule has 0 unspecified atom stereocenters. The van der Waals surface area contributed by atoms with Crippen molar-refractivity contribution >= 4 is 23.4 Å². The number of likely N-dealkylation sites (tertiary alicyclic amines) is 1. The second-order valence-corrected chi connectivity index (χ2v) is 9.42. The van der Waals surface area contributed by atoms with E-state index in [-0.39, 0.29) is 23.3 Å². The van der Waals surface area contributed by atoms with Gasteiger partial charge in [0.05, 0.1) is 30.1 Å². The Morgan fingerprint density at radius 3 is 2.46 bits per heavy atom. The lowest BCUT2D eigenvalue weighted by molar-refractivity contribution is -0.935. The van der Waals surface area contributed by atoms with Crippen LogP contribution in [0.15, 0.2) is 53.7 Å². The van der Waals surface area contributed by atoms with Crippen LogP contribution in [0.3, 0.4) is 0 Å². The molecule has 0 spiro atoms. The fraction of sp³-hybridized carbons (Fsp3) is 0.375. The minimum atomic E-state index is -4.58. The van der Waals surface area contributed by atoms with Gasteiger partial charge in [-0.1, -0.05) is 23.9 Å². The van der Waals surface area contributed by atoms with Crippen LogP contribution >= 0.6 is 11.8 Å². The standard InChI is InChI=1S/C24H25F4N5OS/c1-16(32-13-5-2-6-14-32)22-30-31-23(33(22)18-11-9-17(25)10-12-18)35-15-21(34)29-20-8-4-3-7-19(20)24(26,27)28/h3-4,7-12,16H,2,5-6,13-15H2,1H3,(H,29,34)/p+1/t16-/m1/s1. The van der Waals surface area contributed by atoms with Crippen molar-refractivity contribution in [1.82, 2.24) is 14.8 Å². The zero-order chi connectivity index (χ0) is 25.0. The largest absolute Gasteiger partial charge is 0.418 e. The Morgan fingerprint density at radius 2 is 1.77 bits per heavy atom. The van der Waals surface area contributed by atoms with E-state index in [4.69, 9.17) is 0 Å². The van der Waals surface area contributed by atoms with E-state index in [0.717, 1.165) is 43.8 Å². The van der Waals surface area contributed by atoms with Crippen LogP contribution in [0.5, 0.6) is 0 Å². The number of carbonyl (C=O) groups excluding carboxylic acids is 1. The van der Waals surface area contributed by atoms with E-state index in [9.17, 15) is 22.4 Å².